The van der Waals surface area contributed by atoms with E-state index in [2.05, 4.69) is 23.8 Å². The van der Waals surface area contributed by atoms with E-state index >= 15 is 0 Å². The van der Waals surface area contributed by atoms with Crippen LogP contribution < -0.4 is 4.74 Å². The van der Waals surface area contributed by atoms with Crippen LogP contribution in [0.4, 0.5) is 0 Å². The molecule has 0 amide bonds. The van der Waals surface area contributed by atoms with E-state index < -0.39 is 0 Å². The van der Waals surface area contributed by atoms with Crippen molar-refractivity contribution >= 4 is 0 Å². The number of benzene rings is 1. The average molecular weight is 427 g/mol. The van der Waals surface area contributed by atoms with Crippen LogP contribution in [-0.2, 0) is 11.2 Å². The third kappa shape index (κ3) is 10.3. The van der Waals surface area contributed by atoms with Crippen molar-refractivity contribution in [2.24, 2.45) is 0 Å². The lowest BCUT2D eigenvalue weighted by molar-refractivity contribution is 0.0862. The number of unbranched alkanes of at least 4 members (excludes halogenated alkanes) is 7. The first-order valence-corrected chi connectivity index (χ1v) is 12.3. The largest absolute Gasteiger partial charge is 0.494 e. The van der Waals surface area contributed by atoms with Gasteiger partial charge in [0.2, 0.25) is 0 Å². The molecule has 1 heterocycles. The molecule has 0 spiro atoms. The van der Waals surface area contributed by atoms with Crippen molar-refractivity contribution in [2.45, 2.75) is 97.0 Å². The van der Waals surface area contributed by atoms with E-state index in [9.17, 15) is 0 Å². The minimum Gasteiger partial charge on any atom is -0.494 e. The van der Waals surface area contributed by atoms with Crippen LogP contribution in [0.25, 0.3) is 11.4 Å². The standard InChI is InChI=1S/C27H42N2O2/c1-4-6-7-8-9-10-11-12-14-23-21-28-27(29-22-23)24-16-18-26(19-17-24)31-20-13-15-25(5-2)30-3/h16-19,21-22,25H,4-15,20H2,1-3H3. The summed E-state index contributed by atoms with van der Waals surface area (Å²) < 4.78 is 11.3. The lowest BCUT2D eigenvalue weighted by Gasteiger charge is -2.13. The van der Waals surface area contributed by atoms with E-state index in [1.54, 1.807) is 7.11 Å². The van der Waals surface area contributed by atoms with Gasteiger partial charge in [0.15, 0.2) is 5.82 Å². The van der Waals surface area contributed by atoms with Crippen molar-refractivity contribution in [1.82, 2.24) is 9.97 Å². The quantitative estimate of drug-likeness (QED) is 0.247. The van der Waals surface area contributed by atoms with E-state index in [1.165, 1.54) is 56.9 Å². The third-order valence-corrected chi connectivity index (χ3v) is 5.86. The molecule has 0 aliphatic heterocycles. The van der Waals surface area contributed by atoms with E-state index in [0.29, 0.717) is 12.7 Å². The summed E-state index contributed by atoms with van der Waals surface area (Å²) in [6, 6.07) is 8.07. The molecule has 0 fully saturated rings. The van der Waals surface area contributed by atoms with Gasteiger partial charge in [-0.05, 0) is 61.9 Å². The van der Waals surface area contributed by atoms with Crippen LogP contribution in [0.1, 0.15) is 90.0 Å². The number of hydrogen-bond donors (Lipinski definition) is 0. The van der Waals surface area contributed by atoms with Gasteiger partial charge in [-0.1, -0.05) is 58.8 Å². The van der Waals surface area contributed by atoms with Gasteiger partial charge < -0.3 is 9.47 Å². The maximum Gasteiger partial charge on any atom is 0.159 e. The predicted molar refractivity (Wildman–Crippen MR) is 130 cm³/mol. The molecular formula is C27H42N2O2. The molecule has 0 saturated carbocycles. The highest BCUT2D eigenvalue weighted by atomic mass is 16.5. The average Bonchev–Trinajstić information content (AvgIpc) is 2.82. The Morgan fingerprint density at radius 2 is 1.45 bits per heavy atom. The fourth-order valence-electron chi connectivity index (χ4n) is 3.79. The molecule has 0 saturated heterocycles. The highest BCUT2D eigenvalue weighted by molar-refractivity contribution is 5.55. The molecule has 4 heteroatoms. The summed E-state index contributed by atoms with van der Waals surface area (Å²) in [5.41, 5.74) is 2.26. The molecule has 0 radical (unpaired) electrons. The first kappa shape index (κ1) is 25.3. The van der Waals surface area contributed by atoms with E-state index in [-0.39, 0.29) is 0 Å². The highest BCUT2D eigenvalue weighted by Crippen LogP contribution is 2.20. The summed E-state index contributed by atoms with van der Waals surface area (Å²) in [6.07, 6.45) is 19.2. The molecule has 2 rings (SSSR count). The molecule has 2 aromatic rings. The summed E-state index contributed by atoms with van der Waals surface area (Å²) >= 11 is 0. The number of aromatic nitrogens is 2. The Morgan fingerprint density at radius 3 is 2.06 bits per heavy atom. The molecule has 172 valence electrons. The SMILES string of the molecule is CCCCCCCCCCc1cnc(-c2ccc(OCCCC(CC)OC)cc2)nc1. The third-order valence-electron chi connectivity index (χ3n) is 5.86. The molecule has 0 aliphatic carbocycles. The molecule has 1 atom stereocenters. The maximum atomic E-state index is 5.85. The zero-order valence-corrected chi connectivity index (χ0v) is 19.9. The lowest BCUT2D eigenvalue weighted by Crippen LogP contribution is -2.10. The Labute approximate surface area is 189 Å². The van der Waals surface area contributed by atoms with Gasteiger partial charge in [0.1, 0.15) is 5.75 Å². The minimum atomic E-state index is 0.335. The highest BCUT2D eigenvalue weighted by Gasteiger charge is 2.05. The molecule has 31 heavy (non-hydrogen) atoms. The summed E-state index contributed by atoms with van der Waals surface area (Å²) in [6.45, 7) is 5.13. The van der Waals surface area contributed by atoms with E-state index in [0.717, 1.165) is 42.8 Å². The van der Waals surface area contributed by atoms with Gasteiger partial charge in [0.05, 0.1) is 12.7 Å². The van der Waals surface area contributed by atoms with Gasteiger partial charge in [-0.2, -0.15) is 0 Å². The molecule has 1 aromatic heterocycles. The van der Waals surface area contributed by atoms with Gasteiger partial charge in [0.25, 0.3) is 0 Å². The number of aryl methyl sites for hydroxylation is 1. The first-order valence-electron chi connectivity index (χ1n) is 12.3. The van der Waals surface area contributed by atoms with Crippen LogP contribution in [0.3, 0.4) is 0 Å². The van der Waals surface area contributed by atoms with Crippen LogP contribution in [0.15, 0.2) is 36.7 Å². The van der Waals surface area contributed by atoms with Gasteiger partial charge in [-0.25, -0.2) is 9.97 Å². The summed E-state index contributed by atoms with van der Waals surface area (Å²) in [7, 11) is 1.78. The van der Waals surface area contributed by atoms with Crippen LogP contribution >= 0.6 is 0 Å². The Balaban J connectivity index is 1.67. The molecule has 0 aliphatic rings. The fraction of sp³-hybridized carbons (Fsp3) is 0.630. The second-order valence-electron chi connectivity index (χ2n) is 8.42. The van der Waals surface area contributed by atoms with Crippen molar-refractivity contribution in [3.05, 3.63) is 42.2 Å². The smallest absolute Gasteiger partial charge is 0.159 e. The Kier molecular flexibility index (Phi) is 12.9. The number of ether oxygens (including phenoxy) is 2. The number of nitrogens with zero attached hydrogens (tertiary/aromatic N) is 2. The van der Waals surface area contributed by atoms with Gasteiger partial charge >= 0.3 is 0 Å². The second-order valence-corrected chi connectivity index (χ2v) is 8.42. The van der Waals surface area contributed by atoms with Crippen LogP contribution in [0, 0.1) is 0 Å². The molecule has 0 N–H and O–H groups in total. The van der Waals surface area contributed by atoms with E-state index in [4.69, 9.17) is 9.47 Å². The normalized spacial score (nSPS) is 12.1. The zero-order valence-electron chi connectivity index (χ0n) is 19.9. The van der Waals surface area contributed by atoms with Crippen LogP contribution in [-0.4, -0.2) is 29.8 Å². The van der Waals surface area contributed by atoms with Crippen molar-refractivity contribution in [2.75, 3.05) is 13.7 Å². The van der Waals surface area contributed by atoms with Crippen molar-refractivity contribution < 1.29 is 9.47 Å². The number of hydrogen-bond acceptors (Lipinski definition) is 4. The van der Waals surface area contributed by atoms with Gasteiger partial charge in [-0.3, -0.25) is 0 Å². The van der Waals surface area contributed by atoms with Gasteiger partial charge in [-0.15, -0.1) is 0 Å². The van der Waals surface area contributed by atoms with Crippen LogP contribution in [0.5, 0.6) is 5.75 Å². The van der Waals surface area contributed by atoms with Gasteiger partial charge in [0, 0.05) is 25.1 Å². The summed E-state index contributed by atoms with van der Waals surface area (Å²) in [5.74, 6) is 1.66. The number of methoxy groups -OCH3 is 1. The summed E-state index contributed by atoms with van der Waals surface area (Å²) in [5, 5.41) is 0. The minimum absolute atomic E-state index is 0.335. The Hall–Kier alpha value is -1.94. The topological polar surface area (TPSA) is 44.2 Å². The molecule has 0 bridgehead atoms. The molecule has 4 nitrogen and oxygen atoms in total. The van der Waals surface area contributed by atoms with Crippen molar-refractivity contribution in [3.63, 3.8) is 0 Å². The summed E-state index contributed by atoms with van der Waals surface area (Å²) in [4.78, 5) is 9.15. The fourth-order valence-corrected chi connectivity index (χ4v) is 3.79. The molecule has 1 aromatic carbocycles. The Bertz CT molecular complexity index is 681. The molecular weight excluding hydrogens is 384 g/mol. The predicted octanol–water partition coefficient (Wildman–Crippen LogP) is 7.41. The van der Waals surface area contributed by atoms with E-state index in [1.807, 2.05) is 36.7 Å². The van der Waals surface area contributed by atoms with Crippen LogP contribution in [0.2, 0.25) is 0 Å². The number of rotatable bonds is 17. The first-order chi connectivity index (χ1) is 15.3. The van der Waals surface area contributed by atoms with Crippen molar-refractivity contribution in [1.29, 1.82) is 0 Å². The maximum absolute atomic E-state index is 5.85. The second kappa shape index (κ2) is 15.8. The Morgan fingerprint density at radius 1 is 0.806 bits per heavy atom. The monoisotopic (exact) mass is 426 g/mol. The van der Waals surface area contributed by atoms with Crippen molar-refractivity contribution in [3.8, 4) is 17.1 Å². The zero-order chi connectivity index (χ0) is 22.2. The lowest BCUT2D eigenvalue weighted by atomic mass is 10.1. The molecule has 1 unspecified atom stereocenters.